The Balaban J connectivity index is 2.06. The highest BCUT2D eigenvalue weighted by Crippen LogP contribution is 2.31. The summed E-state index contributed by atoms with van der Waals surface area (Å²) in [6.07, 6.45) is 2.82. The summed E-state index contributed by atoms with van der Waals surface area (Å²) in [4.78, 5) is 2.50. The number of nitrogens with zero attached hydrogens (tertiary/aromatic N) is 1. The van der Waals surface area contributed by atoms with Gasteiger partial charge in [-0.05, 0) is 43.5 Å². The van der Waals surface area contributed by atoms with Crippen LogP contribution in [-0.4, -0.2) is 25.1 Å². The lowest BCUT2D eigenvalue weighted by molar-refractivity contribution is 0.263. The largest absolute Gasteiger partial charge is 0.496 e. The topological polar surface area (TPSA) is 12.5 Å². The van der Waals surface area contributed by atoms with E-state index in [0.717, 1.165) is 29.2 Å². The molecule has 94 valence electrons. The number of methoxy groups -OCH3 is 1. The molecular weight excluding hydrogens is 278 g/mol. The van der Waals surface area contributed by atoms with Crippen molar-refractivity contribution in [3.8, 4) is 5.75 Å². The molecule has 17 heavy (non-hydrogen) atoms. The molecule has 1 aliphatic carbocycles. The van der Waals surface area contributed by atoms with Crippen molar-refractivity contribution in [1.29, 1.82) is 0 Å². The zero-order valence-electron chi connectivity index (χ0n) is 10.6. The maximum atomic E-state index is 5.42. The standard InChI is InChI=1S/C14H20BrNO/c1-3-16(9-11-4-5-11)10-12-8-13(15)6-7-14(12)17-2/h6-8,11H,3-5,9-10H2,1-2H3. The van der Waals surface area contributed by atoms with E-state index in [1.54, 1.807) is 7.11 Å². The predicted molar refractivity (Wildman–Crippen MR) is 74.4 cm³/mol. The molecule has 0 atom stereocenters. The van der Waals surface area contributed by atoms with Gasteiger partial charge in [0.2, 0.25) is 0 Å². The van der Waals surface area contributed by atoms with Gasteiger partial charge in [0.05, 0.1) is 7.11 Å². The molecule has 0 saturated heterocycles. The number of halogens is 1. The molecule has 1 aromatic carbocycles. The second kappa shape index (κ2) is 5.87. The maximum Gasteiger partial charge on any atom is 0.123 e. The van der Waals surface area contributed by atoms with Crippen LogP contribution in [0.1, 0.15) is 25.3 Å². The summed E-state index contributed by atoms with van der Waals surface area (Å²) in [6.45, 7) is 5.54. The van der Waals surface area contributed by atoms with Crippen LogP contribution < -0.4 is 4.74 Å². The van der Waals surface area contributed by atoms with Crippen LogP contribution >= 0.6 is 15.9 Å². The Hall–Kier alpha value is -0.540. The van der Waals surface area contributed by atoms with Crippen molar-refractivity contribution in [1.82, 2.24) is 4.90 Å². The second-order valence-corrected chi connectivity index (χ2v) is 5.64. The quantitative estimate of drug-likeness (QED) is 0.794. The summed E-state index contributed by atoms with van der Waals surface area (Å²) in [7, 11) is 1.74. The third-order valence-corrected chi connectivity index (χ3v) is 3.79. The van der Waals surface area contributed by atoms with E-state index in [1.165, 1.54) is 24.9 Å². The Morgan fingerprint density at radius 2 is 2.18 bits per heavy atom. The van der Waals surface area contributed by atoms with Crippen molar-refractivity contribution >= 4 is 15.9 Å². The molecule has 0 heterocycles. The lowest BCUT2D eigenvalue weighted by atomic mass is 10.2. The van der Waals surface area contributed by atoms with Crippen molar-refractivity contribution < 1.29 is 4.74 Å². The normalized spacial score (nSPS) is 15.3. The highest BCUT2D eigenvalue weighted by molar-refractivity contribution is 9.10. The van der Waals surface area contributed by atoms with Crippen molar-refractivity contribution in [2.75, 3.05) is 20.2 Å². The lowest BCUT2D eigenvalue weighted by Crippen LogP contribution is -2.25. The summed E-state index contributed by atoms with van der Waals surface area (Å²) in [5, 5.41) is 0. The molecule has 0 spiro atoms. The molecule has 2 rings (SSSR count). The smallest absolute Gasteiger partial charge is 0.123 e. The van der Waals surface area contributed by atoms with E-state index in [4.69, 9.17) is 4.74 Å². The van der Waals surface area contributed by atoms with Crippen LogP contribution in [0.15, 0.2) is 22.7 Å². The molecular formula is C14H20BrNO. The third kappa shape index (κ3) is 3.71. The first-order valence-corrected chi connectivity index (χ1v) is 7.07. The highest BCUT2D eigenvalue weighted by atomic mass is 79.9. The van der Waals surface area contributed by atoms with Crippen LogP contribution in [0, 0.1) is 5.92 Å². The average Bonchev–Trinajstić information content (AvgIpc) is 3.12. The van der Waals surface area contributed by atoms with E-state index in [9.17, 15) is 0 Å². The van der Waals surface area contributed by atoms with Gasteiger partial charge >= 0.3 is 0 Å². The first-order valence-electron chi connectivity index (χ1n) is 6.27. The molecule has 1 aliphatic rings. The third-order valence-electron chi connectivity index (χ3n) is 3.30. The van der Waals surface area contributed by atoms with E-state index in [0.29, 0.717) is 0 Å². The second-order valence-electron chi connectivity index (χ2n) is 4.73. The lowest BCUT2D eigenvalue weighted by Gasteiger charge is -2.21. The first-order chi connectivity index (χ1) is 8.22. The van der Waals surface area contributed by atoms with E-state index in [2.05, 4.69) is 33.8 Å². The van der Waals surface area contributed by atoms with Gasteiger partial charge in [-0.15, -0.1) is 0 Å². The molecule has 0 N–H and O–H groups in total. The Kier molecular flexibility index (Phi) is 4.46. The van der Waals surface area contributed by atoms with Gasteiger partial charge in [0, 0.05) is 23.1 Å². The van der Waals surface area contributed by atoms with Crippen molar-refractivity contribution in [2.24, 2.45) is 5.92 Å². The van der Waals surface area contributed by atoms with Gasteiger partial charge in [-0.1, -0.05) is 22.9 Å². The number of hydrogen-bond donors (Lipinski definition) is 0. The molecule has 0 amide bonds. The van der Waals surface area contributed by atoms with E-state index < -0.39 is 0 Å². The van der Waals surface area contributed by atoms with Crippen molar-refractivity contribution in [3.05, 3.63) is 28.2 Å². The fraction of sp³-hybridized carbons (Fsp3) is 0.571. The molecule has 0 bridgehead atoms. The average molecular weight is 298 g/mol. The molecule has 0 aliphatic heterocycles. The zero-order chi connectivity index (χ0) is 12.3. The zero-order valence-corrected chi connectivity index (χ0v) is 12.2. The van der Waals surface area contributed by atoms with Gasteiger partial charge in [0.1, 0.15) is 5.75 Å². The minimum atomic E-state index is 0.938. The fourth-order valence-electron chi connectivity index (χ4n) is 2.08. The summed E-state index contributed by atoms with van der Waals surface area (Å²) in [6, 6.07) is 6.22. The molecule has 0 aromatic heterocycles. The van der Waals surface area contributed by atoms with Gasteiger partial charge in [-0.3, -0.25) is 4.90 Å². The molecule has 2 nitrogen and oxygen atoms in total. The molecule has 1 fully saturated rings. The number of ether oxygens (including phenoxy) is 1. The van der Waals surface area contributed by atoms with E-state index in [-0.39, 0.29) is 0 Å². The molecule has 0 unspecified atom stereocenters. The van der Waals surface area contributed by atoms with Crippen LogP contribution in [-0.2, 0) is 6.54 Å². The van der Waals surface area contributed by atoms with E-state index >= 15 is 0 Å². The summed E-state index contributed by atoms with van der Waals surface area (Å²) < 4.78 is 6.54. The van der Waals surface area contributed by atoms with Gasteiger partial charge in [0.25, 0.3) is 0 Å². The summed E-state index contributed by atoms with van der Waals surface area (Å²) in [5.41, 5.74) is 1.27. The van der Waals surface area contributed by atoms with Crippen LogP contribution in [0.25, 0.3) is 0 Å². The van der Waals surface area contributed by atoms with Gasteiger partial charge in [-0.25, -0.2) is 0 Å². The Bertz CT molecular complexity index is 376. The van der Waals surface area contributed by atoms with Crippen molar-refractivity contribution in [3.63, 3.8) is 0 Å². The number of hydrogen-bond acceptors (Lipinski definition) is 2. The first kappa shape index (κ1) is 12.9. The molecule has 3 heteroatoms. The Morgan fingerprint density at radius 1 is 1.41 bits per heavy atom. The maximum absolute atomic E-state index is 5.42. The minimum absolute atomic E-state index is 0.938. The summed E-state index contributed by atoms with van der Waals surface area (Å²) in [5.74, 6) is 1.93. The Labute approximate surface area is 112 Å². The van der Waals surface area contributed by atoms with E-state index in [1.807, 2.05) is 12.1 Å². The fourth-order valence-corrected chi connectivity index (χ4v) is 2.49. The highest BCUT2D eigenvalue weighted by Gasteiger charge is 2.24. The number of rotatable bonds is 6. The van der Waals surface area contributed by atoms with Gasteiger partial charge in [0.15, 0.2) is 0 Å². The molecule has 1 saturated carbocycles. The van der Waals surface area contributed by atoms with Crippen LogP contribution in [0.5, 0.6) is 5.75 Å². The van der Waals surface area contributed by atoms with Crippen LogP contribution in [0.4, 0.5) is 0 Å². The van der Waals surface area contributed by atoms with Gasteiger partial charge < -0.3 is 4.74 Å². The van der Waals surface area contributed by atoms with Crippen molar-refractivity contribution in [2.45, 2.75) is 26.3 Å². The molecule has 0 radical (unpaired) electrons. The minimum Gasteiger partial charge on any atom is -0.496 e. The van der Waals surface area contributed by atoms with Crippen LogP contribution in [0.3, 0.4) is 0 Å². The predicted octanol–water partition coefficient (Wildman–Crippen LogP) is 3.69. The molecule has 1 aromatic rings. The van der Waals surface area contributed by atoms with Crippen LogP contribution in [0.2, 0.25) is 0 Å². The summed E-state index contributed by atoms with van der Waals surface area (Å²) >= 11 is 3.53. The van der Waals surface area contributed by atoms with Gasteiger partial charge in [-0.2, -0.15) is 0 Å². The SMILES string of the molecule is CCN(Cc1cc(Br)ccc1OC)CC1CC1. The number of benzene rings is 1. The monoisotopic (exact) mass is 297 g/mol. The Morgan fingerprint density at radius 3 is 2.76 bits per heavy atom.